The topological polar surface area (TPSA) is 84.5 Å². The third kappa shape index (κ3) is 5.83. The number of hydrogen-bond acceptors (Lipinski definition) is 4. The molecule has 0 aromatic heterocycles. The number of anilines is 1. The smallest absolute Gasteiger partial charge is 0.337 e. The summed E-state index contributed by atoms with van der Waals surface area (Å²) in [4.78, 5) is 34.1. The molecule has 0 aliphatic carbocycles. The number of carbonyl (C=O) groups excluding carboxylic acids is 3. The summed E-state index contributed by atoms with van der Waals surface area (Å²) in [5, 5.41) is 4.57. The van der Waals surface area contributed by atoms with Gasteiger partial charge in [-0.1, -0.05) is 0 Å². The minimum atomic E-state index is -0.626. The van der Waals surface area contributed by atoms with Crippen molar-refractivity contribution in [2.24, 2.45) is 0 Å². The van der Waals surface area contributed by atoms with Gasteiger partial charge in [-0.3, -0.25) is 9.59 Å². The lowest BCUT2D eigenvalue weighted by Crippen LogP contribution is -2.32. The summed E-state index contributed by atoms with van der Waals surface area (Å²) < 4.78 is 4.57. The number of hydrogen-bond donors (Lipinski definition) is 2. The van der Waals surface area contributed by atoms with Crippen molar-refractivity contribution in [3.63, 3.8) is 0 Å². The van der Waals surface area contributed by atoms with Crippen molar-refractivity contribution < 1.29 is 19.1 Å². The lowest BCUT2D eigenvalue weighted by molar-refractivity contribution is -0.120. The van der Waals surface area contributed by atoms with Crippen LogP contribution in [0.4, 0.5) is 5.69 Å². The molecule has 1 rings (SSSR count). The maximum Gasteiger partial charge on any atom is 0.337 e. The van der Waals surface area contributed by atoms with Gasteiger partial charge in [0, 0.05) is 18.7 Å². The second-order valence-corrected chi connectivity index (χ2v) is 4.93. The second-order valence-electron chi connectivity index (χ2n) is 4.27. The van der Waals surface area contributed by atoms with Gasteiger partial charge in [-0.05, 0) is 31.2 Å². The first-order chi connectivity index (χ1) is 9.93. The number of rotatable bonds is 6. The van der Waals surface area contributed by atoms with Crippen LogP contribution in [0.3, 0.4) is 0 Å². The molecule has 1 unspecified atom stereocenters. The molecule has 2 amide bonds. The zero-order chi connectivity index (χ0) is 15.8. The number of alkyl halides is 1. The summed E-state index contributed by atoms with van der Waals surface area (Å²) in [5.74, 6) is -0.999. The molecule has 0 aliphatic rings. The third-order valence-corrected chi connectivity index (χ3v) is 2.80. The average molecular weight is 313 g/mol. The summed E-state index contributed by atoms with van der Waals surface area (Å²) in [7, 11) is 1.30. The van der Waals surface area contributed by atoms with Gasteiger partial charge in [-0.15, -0.1) is 11.6 Å². The number of ether oxygens (including phenoxy) is 1. The number of esters is 1. The standard InChI is InChI=1S/C14H17ClN2O4/c1-9(15)13(19)16-8-7-12(18)17-11-5-3-10(4-6-11)14(20)21-2/h3-6,9H,7-8H2,1-2H3,(H,16,19)(H,17,18). The van der Waals surface area contributed by atoms with E-state index in [4.69, 9.17) is 11.6 Å². The van der Waals surface area contributed by atoms with Crippen molar-refractivity contribution in [3.8, 4) is 0 Å². The highest BCUT2D eigenvalue weighted by molar-refractivity contribution is 6.30. The number of methoxy groups -OCH3 is 1. The van der Waals surface area contributed by atoms with Gasteiger partial charge >= 0.3 is 5.97 Å². The van der Waals surface area contributed by atoms with E-state index in [9.17, 15) is 14.4 Å². The van der Waals surface area contributed by atoms with Crippen LogP contribution in [0.25, 0.3) is 0 Å². The largest absolute Gasteiger partial charge is 0.465 e. The number of halogens is 1. The average Bonchev–Trinajstić information content (AvgIpc) is 2.46. The maximum absolute atomic E-state index is 11.7. The fraction of sp³-hybridized carbons (Fsp3) is 0.357. The molecular formula is C14H17ClN2O4. The molecule has 21 heavy (non-hydrogen) atoms. The summed E-state index contributed by atoms with van der Waals surface area (Å²) in [6.07, 6.45) is 0.133. The van der Waals surface area contributed by atoms with Crippen molar-refractivity contribution in [1.29, 1.82) is 0 Å². The van der Waals surface area contributed by atoms with Crippen LogP contribution < -0.4 is 10.6 Å². The van der Waals surface area contributed by atoms with E-state index in [-0.39, 0.29) is 24.8 Å². The molecule has 0 fully saturated rings. The minimum Gasteiger partial charge on any atom is -0.465 e. The highest BCUT2D eigenvalue weighted by Crippen LogP contribution is 2.10. The molecule has 1 aromatic carbocycles. The second kappa shape index (κ2) is 8.26. The number of benzene rings is 1. The summed E-state index contributed by atoms with van der Waals surface area (Å²) in [6, 6.07) is 6.31. The first kappa shape index (κ1) is 17.0. The predicted octanol–water partition coefficient (Wildman–Crippen LogP) is 1.55. The molecule has 114 valence electrons. The molecule has 0 bridgehead atoms. The van der Waals surface area contributed by atoms with E-state index in [2.05, 4.69) is 15.4 Å². The number of carbonyl (C=O) groups is 3. The Bertz CT molecular complexity index is 514. The summed E-state index contributed by atoms with van der Waals surface area (Å²) >= 11 is 5.58. The van der Waals surface area contributed by atoms with Crippen LogP contribution in [0, 0.1) is 0 Å². The van der Waals surface area contributed by atoms with E-state index < -0.39 is 11.3 Å². The predicted molar refractivity (Wildman–Crippen MR) is 79.4 cm³/mol. The van der Waals surface area contributed by atoms with Gasteiger partial charge in [0.15, 0.2) is 0 Å². The molecule has 1 atom stereocenters. The first-order valence-electron chi connectivity index (χ1n) is 6.34. The molecule has 0 saturated carbocycles. The highest BCUT2D eigenvalue weighted by Gasteiger charge is 2.09. The van der Waals surface area contributed by atoms with Crippen LogP contribution in [0.1, 0.15) is 23.7 Å². The molecule has 0 radical (unpaired) electrons. The Labute approximate surface area is 127 Å². The lowest BCUT2D eigenvalue weighted by Gasteiger charge is -2.08. The van der Waals surface area contributed by atoms with Crippen LogP contribution in [-0.4, -0.2) is 36.8 Å². The Kier molecular flexibility index (Phi) is 6.68. The molecule has 0 saturated heterocycles. The fourth-order valence-electron chi connectivity index (χ4n) is 1.47. The van der Waals surface area contributed by atoms with Crippen LogP contribution in [0.2, 0.25) is 0 Å². The molecule has 7 heteroatoms. The van der Waals surface area contributed by atoms with Crippen molar-refractivity contribution in [1.82, 2.24) is 5.32 Å². The summed E-state index contributed by atoms with van der Waals surface area (Å²) in [5.41, 5.74) is 0.962. The Balaban J connectivity index is 2.41. The molecule has 0 spiro atoms. The quantitative estimate of drug-likeness (QED) is 0.616. The lowest BCUT2D eigenvalue weighted by atomic mass is 10.2. The van der Waals surface area contributed by atoms with Gasteiger partial charge in [-0.2, -0.15) is 0 Å². The SMILES string of the molecule is COC(=O)c1ccc(NC(=O)CCNC(=O)C(C)Cl)cc1. The Morgan fingerprint density at radius 2 is 1.86 bits per heavy atom. The van der Waals surface area contributed by atoms with Crippen molar-refractivity contribution in [3.05, 3.63) is 29.8 Å². The van der Waals surface area contributed by atoms with E-state index >= 15 is 0 Å². The Hall–Kier alpha value is -2.08. The van der Waals surface area contributed by atoms with Crippen LogP contribution in [-0.2, 0) is 14.3 Å². The molecule has 2 N–H and O–H groups in total. The zero-order valence-electron chi connectivity index (χ0n) is 11.8. The third-order valence-electron chi connectivity index (χ3n) is 2.60. The molecule has 6 nitrogen and oxygen atoms in total. The first-order valence-corrected chi connectivity index (χ1v) is 6.77. The van der Waals surface area contributed by atoms with Crippen molar-refractivity contribution in [2.45, 2.75) is 18.7 Å². The van der Waals surface area contributed by atoms with Crippen LogP contribution in [0.5, 0.6) is 0 Å². The zero-order valence-corrected chi connectivity index (χ0v) is 12.6. The van der Waals surface area contributed by atoms with Crippen molar-refractivity contribution in [2.75, 3.05) is 19.0 Å². The van der Waals surface area contributed by atoms with Gasteiger partial charge in [0.05, 0.1) is 12.7 Å². The van der Waals surface area contributed by atoms with Crippen molar-refractivity contribution >= 4 is 35.1 Å². The van der Waals surface area contributed by atoms with Crippen LogP contribution in [0.15, 0.2) is 24.3 Å². The molecule has 1 aromatic rings. The number of amides is 2. The normalized spacial score (nSPS) is 11.4. The minimum absolute atomic E-state index is 0.133. The van der Waals surface area contributed by atoms with E-state index in [1.54, 1.807) is 31.2 Å². The van der Waals surface area contributed by atoms with Gasteiger partial charge in [0.1, 0.15) is 5.38 Å². The molecule has 0 heterocycles. The Morgan fingerprint density at radius 1 is 1.24 bits per heavy atom. The summed E-state index contributed by atoms with van der Waals surface area (Å²) in [6.45, 7) is 1.77. The monoisotopic (exact) mass is 312 g/mol. The van der Waals surface area contributed by atoms with Gasteiger partial charge in [0.25, 0.3) is 0 Å². The van der Waals surface area contributed by atoms with Gasteiger partial charge in [-0.25, -0.2) is 4.79 Å². The molecular weight excluding hydrogens is 296 g/mol. The maximum atomic E-state index is 11.7. The van der Waals surface area contributed by atoms with E-state index in [0.29, 0.717) is 11.3 Å². The van der Waals surface area contributed by atoms with Crippen LogP contribution >= 0.6 is 11.6 Å². The van der Waals surface area contributed by atoms with E-state index in [1.807, 2.05) is 0 Å². The molecule has 0 aliphatic heterocycles. The number of nitrogens with one attached hydrogen (secondary N) is 2. The van der Waals surface area contributed by atoms with Gasteiger partial charge < -0.3 is 15.4 Å². The fourth-order valence-corrected chi connectivity index (χ4v) is 1.55. The highest BCUT2D eigenvalue weighted by atomic mass is 35.5. The van der Waals surface area contributed by atoms with E-state index in [1.165, 1.54) is 7.11 Å². The Morgan fingerprint density at radius 3 is 2.38 bits per heavy atom. The van der Waals surface area contributed by atoms with E-state index in [0.717, 1.165) is 0 Å². The van der Waals surface area contributed by atoms with Gasteiger partial charge in [0.2, 0.25) is 11.8 Å².